The van der Waals surface area contributed by atoms with Crippen LogP contribution in [0.15, 0.2) is 33.6 Å². The van der Waals surface area contributed by atoms with Crippen LogP contribution in [-0.4, -0.2) is 18.6 Å². The summed E-state index contributed by atoms with van der Waals surface area (Å²) < 4.78 is 27.6. The highest BCUT2D eigenvalue weighted by Gasteiger charge is 2.18. The number of rotatable bonds is 5. The molecule has 0 bridgehead atoms. The van der Waals surface area contributed by atoms with Gasteiger partial charge in [0.2, 0.25) is 0 Å². The number of H-pyrrole nitrogens is 1. The van der Waals surface area contributed by atoms with Crippen molar-refractivity contribution in [1.29, 1.82) is 0 Å². The first-order valence-electron chi connectivity index (χ1n) is 6.25. The van der Waals surface area contributed by atoms with Crippen LogP contribution in [0.2, 0.25) is 0 Å². The highest BCUT2D eigenvalue weighted by atomic mass is 79.9. The van der Waals surface area contributed by atoms with Crippen LogP contribution in [0.3, 0.4) is 0 Å². The van der Waals surface area contributed by atoms with E-state index in [9.17, 15) is 8.42 Å². The topological polar surface area (TPSA) is 74.8 Å². The lowest BCUT2D eigenvalue weighted by molar-refractivity contribution is 0.600. The largest absolute Gasteiger partial charge is 0.280 e. The minimum absolute atomic E-state index is 0.197. The molecule has 0 aliphatic heterocycles. The van der Waals surface area contributed by atoms with Crippen LogP contribution in [0.25, 0.3) is 0 Å². The number of sulfonamides is 1. The molecular formula is C13H16BrN3O2S. The number of hydrogen-bond acceptors (Lipinski definition) is 3. The minimum atomic E-state index is -3.64. The summed E-state index contributed by atoms with van der Waals surface area (Å²) in [5, 5.41) is 6.78. The third-order valence-electron chi connectivity index (χ3n) is 2.77. The molecule has 7 heteroatoms. The van der Waals surface area contributed by atoms with Gasteiger partial charge in [-0.15, -0.1) is 0 Å². The Morgan fingerprint density at radius 1 is 1.35 bits per heavy atom. The number of nitrogens with one attached hydrogen (secondary N) is 2. The predicted octanol–water partition coefficient (Wildman–Crippen LogP) is 3.23. The maximum Gasteiger partial charge on any atom is 0.264 e. The molecule has 0 aliphatic rings. The monoisotopic (exact) mass is 357 g/mol. The van der Waals surface area contributed by atoms with Gasteiger partial charge in [0.25, 0.3) is 10.0 Å². The van der Waals surface area contributed by atoms with E-state index >= 15 is 0 Å². The Balaban J connectivity index is 2.26. The van der Waals surface area contributed by atoms with E-state index in [0.717, 1.165) is 24.1 Å². The summed E-state index contributed by atoms with van der Waals surface area (Å²) in [6, 6.07) is 6.80. The van der Waals surface area contributed by atoms with Crippen molar-refractivity contribution in [1.82, 2.24) is 10.2 Å². The molecule has 2 aromatic rings. The normalized spacial score (nSPS) is 11.6. The van der Waals surface area contributed by atoms with E-state index in [4.69, 9.17) is 0 Å². The van der Waals surface area contributed by atoms with Crippen LogP contribution in [-0.2, 0) is 16.4 Å². The third kappa shape index (κ3) is 3.40. The minimum Gasteiger partial charge on any atom is -0.280 e. The van der Waals surface area contributed by atoms with Crippen molar-refractivity contribution in [2.75, 3.05) is 4.72 Å². The van der Waals surface area contributed by atoms with Gasteiger partial charge in [0.1, 0.15) is 4.90 Å². The summed E-state index contributed by atoms with van der Waals surface area (Å²) in [5.41, 5.74) is 1.90. The molecule has 0 radical (unpaired) electrons. The Labute approximate surface area is 127 Å². The first kappa shape index (κ1) is 15.1. The van der Waals surface area contributed by atoms with Crippen LogP contribution < -0.4 is 4.72 Å². The molecule has 0 amide bonds. The molecule has 108 valence electrons. The van der Waals surface area contributed by atoms with E-state index in [1.54, 1.807) is 24.3 Å². The summed E-state index contributed by atoms with van der Waals surface area (Å²) in [5.74, 6) is 0.306. The molecular weight excluding hydrogens is 342 g/mol. The van der Waals surface area contributed by atoms with Crippen molar-refractivity contribution in [2.45, 2.75) is 31.6 Å². The standard InChI is InChI=1S/C13H16BrN3O2S/c1-3-4-10-8-13(16-15-10)17-20(18,19)12-6-5-9(2)7-11(12)14/h5-8H,3-4H2,1-2H3,(H2,15,16,17). The van der Waals surface area contributed by atoms with Gasteiger partial charge in [-0.05, 0) is 47.0 Å². The first-order chi connectivity index (χ1) is 9.42. The Morgan fingerprint density at radius 2 is 2.10 bits per heavy atom. The zero-order valence-electron chi connectivity index (χ0n) is 11.3. The fourth-order valence-electron chi connectivity index (χ4n) is 1.83. The number of aromatic nitrogens is 2. The van der Waals surface area contributed by atoms with Gasteiger partial charge < -0.3 is 0 Å². The third-order valence-corrected chi connectivity index (χ3v) is 5.10. The van der Waals surface area contributed by atoms with Crippen molar-refractivity contribution in [3.05, 3.63) is 40.0 Å². The number of halogens is 1. The predicted molar refractivity (Wildman–Crippen MR) is 82.3 cm³/mol. The van der Waals surface area contributed by atoms with Crippen LogP contribution in [0.1, 0.15) is 24.6 Å². The molecule has 0 saturated heterocycles. The van der Waals surface area contributed by atoms with Crippen molar-refractivity contribution >= 4 is 31.8 Å². The Morgan fingerprint density at radius 3 is 2.75 bits per heavy atom. The lowest BCUT2D eigenvalue weighted by Crippen LogP contribution is -2.13. The van der Waals surface area contributed by atoms with Gasteiger partial charge in [-0.3, -0.25) is 9.82 Å². The molecule has 0 aliphatic carbocycles. The molecule has 1 heterocycles. The molecule has 2 rings (SSSR count). The molecule has 0 atom stereocenters. The summed E-state index contributed by atoms with van der Waals surface area (Å²) in [7, 11) is -3.64. The number of benzene rings is 1. The zero-order chi connectivity index (χ0) is 14.8. The van der Waals surface area contributed by atoms with Gasteiger partial charge in [-0.25, -0.2) is 8.42 Å². The highest BCUT2D eigenvalue weighted by molar-refractivity contribution is 9.10. The van der Waals surface area contributed by atoms with Gasteiger partial charge in [0.05, 0.1) is 0 Å². The van der Waals surface area contributed by atoms with Crippen molar-refractivity contribution < 1.29 is 8.42 Å². The van der Waals surface area contributed by atoms with Gasteiger partial charge in [-0.2, -0.15) is 5.10 Å². The molecule has 5 nitrogen and oxygen atoms in total. The Kier molecular flexibility index (Phi) is 4.49. The van der Waals surface area contributed by atoms with E-state index in [2.05, 4.69) is 30.8 Å². The molecule has 0 saturated carbocycles. The van der Waals surface area contributed by atoms with Gasteiger partial charge >= 0.3 is 0 Å². The Hall–Kier alpha value is -1.34. The number of nitrogens with zero attached hydrogens (tertiary/aromatic N) is 1. The number of aromatic amines is 1. The number of anilines is 1. The first-order valence-corrected chi connectivity index (χ1v) is 8.53. The van der Waals surface area contributed by atoms with Gasteiger partial charge in [0.15, 0.2) is 5.82 Å². The lowest BCUT2D eigenvalue weighted by Gasteiger charge is -2.07. The molecule has 0 unspecified atom stereocenters. The van der Waals surface area contributed by atoms with Crippen LogP contribution in [0.5, 0.6) is 0 Å². The van der Waals surface area contributed by atoms with E-state index in [-0.39, 0.29) is 4.90 Å². The van der Waals surface area contributed by atoms with Crippen molar-refractivity contribution in [3.63, 3.8) is 0 Å². The fourth-order valence-corrected chi connectivity index (χ4v) is 4.01. The van der Waals surface area contributed by atoms with Gasteiger partial charge in [0, 0.05) is 16.2 Å². The van der Waals surface area contributed by atoms with E-state index in [0.29, 0.717) is 10.3 Å². The quantitative estimate of drug-likeness (QED) is 0.862. The van der Waals surface area contributed by atoms with E-state index in [1.807, 2.05) is 13.8 Å². The van der Waals surface area contributed by atoms with Gasteiger partial charge in [-0.1, -0.05) is 19.4 Å². The smallest absolute Gasteiger partial charge is 0.264 e. The van der Waals surface area contributed by atoms with E-state index in [1.165, 1.54) is 0 Å². The summed E-state index contributed by atoms with van der Waals surface area (Å²) in [6.45, 7) is 3.95. The molecule has 2 N–H and O–H groups in total. The Bertz CT molecular complexity index is 710. The number of aryl methyl sites for hydroxylation is 2. The molecule has 0 fully saturated rings. The second-order valence-corrected chi connectivity index (χ2v) is 7.07. The van der Waals surface area contributed by atoms with Crippen molar-refractivity contribution in [2.24, 2.45) is 0 Å². The SMILES string of the molecule is CCCc1cc(NS(=O)(=O)c2ccc(C)cc2Br)n[nH]1. The maximum absolute atomic E-state index is 12.3. The molecule has 1 aromatic carbocycles. The summed E-state index contributed by atoms with van der Waals surface area (Å²) >= 11 is 3.28. The zero-order valence-corrected chi connectivity index (χ0v) is 13.7. The number of hydrogen-bond donors (Lipinski definition) is 2. The lowest BCUT2D eigenvalue weighted by atomic mass is 10.2. The highest BCUT2D eigenvalue weighted by Crippen LogP contribution is 2.24. The van der Waals surface area contributed by atoms with Crippen LogP contribution >= 0.6 is 15.9 Å². The molecule has 20 heavy (non-hydrogen) atoms. The van der Waals surface area contributed by atoms with Crippen LogP contribution in [0, 0.1) is 6.92 Å². The van der Waals surface area contributed by atoms with E-state index < -0.39 is 10.0 Å². The van der Waals surface area contributed by atoms with Crippen molar-refractivity contribution in [3.8, 4) is 0 Å². The maximum atomic E-state index is 12.3. The molecule has 0 spiro atoms. The second kappa shape index (κ2) is 5.97. The molecule has 1 aromatic heterocycles. The van der Waals surface area contributed by atoms with Crippen LogP contribution in [0.4, 0.5) is 5.82 Å². The second-order valence-electron chi connectivity index (χ2n) is 4.57. The fraction of sp³-hybridized carbons (Fsp3) is 0.308. The summed E-state index contributed by atoms with van der Waals surface area (Å²) in [4.78, 5) is 0.197. The average Bonchev–Trinajstić information content (AvgIpc) is 2.75. The average molecular weight is 358 g/mol. The summed E-state index contributed by atoms with van der Waals surface area (Å²) in [6.07, 6.45) is 1.81.